The van der Waals surface area contributed by atoms with E-state index in [1.54, 1.807) is 16.9 Å². The fourth-order valence-electron chi connectivity index (χ4n) is 4.01. The van der Waals surface area contributed by atoms with E-state index in [0.29, 0.717) is 23.4 Å². The Kier molecular flexibility index (Phi) is 5.11. The maximum absolute atomic E-state index is 13.0. The van der Waals surface area contributed by atoms with Crippen LogP contribution >= 0.6 is 0 Å². The van der Waals surface area contributed by atoms with Crippen LogP contribution in [-0.2, 0) is 11.8 Å². The van der Waals surface area contributed by atoms with E-state index in [0.717, 1.165) is 42.0 Å². The fourth-order valence-corrected chi connectivity index (χ4v) is 4.01. The summed E-state index contributed by atoms with van der Waals surface area (Å²) >= 11 is 0. The molecule has 1 atom stereocenters. The average molecular weight is 407 g/mol. The molecular weight excluding hydrogens is 382 g/mol. The van der Waals surface area contributed by atoms with Crippen LogP contribution in [-0.4, -0.2) is 44.7 Å². The number of aryl methyl sites for hydroxylation is 3. The van der Waals surface area contributed by atoms with Gasteiger partial charge in [-0.25, -0.2) is 9.97 Å². The van der Waals surface area contributed by atoms with Crippen LogP contribution in [0.2, 0.25) is 0 Å². The molecule has 9 heteroatoms. The molecule has 3 aromatic heterocycles. The first kappa shape index (κ1) is 19.8. The number of rotatable bonds is 4. The molecule has 1 fully saturated rings. The van der Waals surface area contributed by atoms with E-state index < -0.39 is 0 Å². The summed E-state index contributed by atoms with van der Waals surface area (Å²) in [4.78, 5) is 35.5. The molecule has 9 nitrogen and oxygen atoms in total. The molecule has 0 bridgehead atoms. The Balaban J connectivity index is 1.54. The van der Waals surface area contributed by atoms with Gasteiger partial charge >= 0.3 is 0 Å². The summed E-state index contributed by atoms with van der Waals surface area (Å²) < 4.78 is 1.68. The van der Waals surface area contributed by atoms with Gasteiger partial charge in [-0.1, -0.05) is 0 Å². The van der Waals surface area contributed by atoms with Gasteiger partial charge in [-0.2, -0.15) is 5.10 Å². The van der Waals surface area contributed by atoms with E-state index in [1.165, 1.54) is 0 Å². The number of anilines is 2. The molecular formula is C21H25N7O2. The zero-order chi connectivity index (χ0) is 21.4. The van der Waals surface area contributed by atoms with Crippen molar-refractivity contribution in [2.45, 2.75) is 26.7 Å². The highest BCUT2D eigenvalue weighted by molar-refractivity contribution is 6.12. The second-order valence-corrected chi connectivity index (χ2v) is 7.77. The van der Waals surface area contributed by atoms with E-state index >= 15 is 0 Å². The summed E-state index contributed by atoms with van der Waals surface area (Å²) in [5.41, 5.74) is 8.77. The lowest BCUT2D eigenvalue weighted by Gasteiger charge is -2.32. The topological polar surface area (TPSA) is 119 Å². The molecule has 3 N–H and O–H groups in total. The molecule has 3 aromatic rings. The number of hydrogen-bond donors (Lipinski definition) is 2. The Bertz CT molecular complexity index is 1120. The van der Waals surface area contributed by atoms with Crippen LogP contribution in [0, 0.1) is 19.8 Å². The predicted molar refractivity (Wildman–Crippen MR) is 114 cm³/mol. The maximum atomic E-state index is 13.0. The number of pyridine rings is 2. The van der Waals surface area contributed by atoms with Crippen molar-refractivity contribution >= 4 is 34.4 Å². The number of nitrogens with zero attached hydrogens (tertiary/aromatic N) is 5. The number of nitrogens with two attached hydrogens (primary N) is 1. The fraction of sp³-hybridized carbons (Fsp3) is 0.381. The molecule has 4 rings (SSSR count). The minimum absolute atomic E-state index is 0.153. The van der Waals surface area contributed by atoms with Gasteiger partial charge in [0.1, 0.15) is 5.82 Å². The van der Waals surface area contributed by atoms with Crippen LogP contribution in [0.4, 0.5) is 11.5 Å². The van der Waals surface area contributed by atoms with Crippen molar-refractivity contribution in [3.63, 3.8) is 0 Å². The number of carbonyl (C=O) groups excluding carboxylic acids is 2. The summed E-state index contributed by atoms with van der Waals surface area (Å²) in [6, 6.07) is 5.43. The molecule has 2 amide bonds. The first-order valence-corrected chi connectivity index (χ1v) is 9.96. The van der Waals surface area contributed by atoms with Gasteiger partial charge in [0.15, 0.2) is 5.65 Å². The van der Waals surface area contributed by atoms with Crippen molar-refractivity contribution < 1.29 is 9.59 Å². The third kappa shape index (κ3) is 3.70. The van der Waals surface area contributed by atoms with Gasteiger partial charge in [0.25, 0.3) is 5.91 Å². The Morgan fingerprint density at radius 2 is 2.07 bits per heavy atom. The van der Waals surface area contributed by atoms with Crippen molar-refractivity contribution in [1.29, 1.82) is 0 Å². The number of fused-ring (bicyclic) bond motifs is 1. The molecule has 0 saturated carbocycles. The second-order valence-electron chi connectivity index (χ2n) is 7.77. The maximum Gasteiger partial charge on any atom is 0.256 e. The third-order valence-electron chi connectivity index (χ3n) is 5.49. The van der Waals surface area contributed by atoms with E-state index in [2.05, 4.69) is 25.3 Å². The van der Waals surface area contributed by atoms with Crippen LogP contribution in [0.3, 0.4) is 0 Å². The van der Waals surface area contributed by atoms with Crippen LogP contribution in [0.15, 0.2) is 24.4 Å². The van der Waals surface area contributed by atoms with Crippen molar-refractivity contribution in [2.75, 3.05) is 23.3 Å². The standard InChI is InChI=1S/C21H25N7O2/c1-12-9-16(18-13(2)26-27(3)20(18)24-12)21(30)25-15-6-7-17(23-10-15)28-8-4-5-14(11-28)19(22)29/h6-7,9-10,14H,4-5,8,11H2,1-3H3,(H2,22,29)(H,25,30). The Morgan fingerprint density at radius 3 is 2.77 bits per heavy atom. The Labute approximate surface area is 174 Å². The van der Waals surface area contributed by atoms with Gasteiger partial charge in [-0.3, -0.25) is 14.3 Å². The minimum atomic E-state index is -0.270. The van der Waals surface area contributed by atoms with Crippen LogP contribution in [0.25, 0.3) is 11.0 Å². The lowest BCUT2D eigenvalue weighted by atomic mass is 9.97. The Hall–Kier alpha value is -3.49. The van der Waals surface area contributed by atoms with E-state index in [9.17, 15) is 9.59 Å². The number of carbonyl (C=O) groups is 2. The summed E-state index contributed by atoms with van der Waals surface area (Å²) in [6.07, 6.45) is 3.34. The number of primary amides is 1. The smallest absolute Gasteiger partial charge is 0.256 e. The van der Waals surface area contributed by atoms with Gasteiger partial charge in [-0.05, 0) is 44.9 Å². The molecule has 4 heterocycles. The number of amides is 2. The van der Waals surface area contributed by atoms with Crippen LogP contribution in [0.1, 0.15) is 34.6 Å². The lowest BCUT2D eigenvalue weighted by Crippen LogP contribution is -2.41. The van der Waals surface area contributed by atoms with Gasteiger partial charge in [0, 0.05) is 25.8 Å². The number of nitrogens with one attached hydrogen (secondary N) is 1. The third-order valence-corrected chi connectivity index (χ3v) is 5.49. The van der Waals surface area contributed by atoms with Crippen molar-refractivity contribution in [3.8, 4) is 0 Å². The molecule has 1 saturated heterocycles. The van der Waals surface area contributed by atoms with Gasteiger partial charge in [0.05, 0.1) is 34.4 Å². The van der Waals surface area contributed by atoms with E-state index in [1.807, 2.05) is 33.0 Å². The summed E-state index contributed by atoms with van der Waals surface area (Å²) in [7, 11) is 1.81. The zero-order valence-corrected chi connectivity index (χ0v) is 17.3. The first-order valence-electron chi connectivity index (χ1n) is 9.96. The van der Waals surface area contributed by atoms with Crippen molar-refractivity contribution in [1.82, 2.24) is 19.7 Å². The summed E-state index contributed by atoms with van der Waals surface area (Å²) in [5.74, 6) is 0.111. The Morgan fingerprint density at radius 1 is 1.27 bits per heavy atom. The van der Waals surface area contributed by atoms with Gasteiger partial charge < -0.3 is 16.0 Å². The van der Waals surface area contributed by atoms with Gasteiger partial charge in [-0.15, -0.1) is 0 Å². The highest BCUT2D eigenvalue weighted by Crippen LogP contribution is 2.24. The molecule has 0 radical (unpaired) electrons. The lowest BCUT2D eigenvalue weighted by molar-refractivity contribution is -0.122. The quantitative estimate of drug-likeness (QED) is 0.682. The first-order chi connectivity index (χ1) is 14.3. The molecule has 0 spiro atoms. The van der Waals surface area contributed by atoms with Gasteiger partial charge in [0.2, 0.25) is 5.91 Å². The SMILES string of the molecule is Cc1cc(C(=O)Nc2ccc(N3CCCC(C(N)=O)C3)nc2)c2c(C)nn(C)c2n1. The highest BCUT2D eigenvalue weighted by atomic mass is 16.2. The van der Waals surface area contributed by atoms with Crippen molar-refractivity contribution in [2.24, 2.45) is 18.7 Å². The molecule has 1 aliphatic heterocycles. The average Bonchev–Trinajstić information content (AvgIpc) is 3.01. The zero-order valence-electron chi connectivity index (χ0n) is 17.3. The molecule has 1 unspecified atom stereocenters. The number of piperidine rings is 1. The van der Waals surface area contributed by atoms with E-state index in [-0.39, 0.29) is 17.7 Å². The van der Waals surface area contributed by atoms with E-state index in [4.69, 9.17) is 5.73 Å². The van der Waals surface area contributed by atoms with Crippen molar-refractivity contribution in [3.05, 3.63) is 41.3 Å². The second kappa shape index (κ2) is 7.74. The molecule has 156 valence electrons. The van der Waals surface area contributed by atoms with Crippen LogP contribution in [0.5, 0.6) is 0 Å². The predicted octanol–water partition coefficient (Wildman–Crippen LogP) is 1.93. The minimum Gasteiger partial charge on any atom is -0.369 e. The molecule has 0 aromatic carbocycles. The number of hydrogen-bond acceptors (Lipinski definition) is 6. The molecule has 1 aliphatic rings. The highest BCUT2D eigenvalue weighted by Gasteiger charge is 2.25. The summed E-state index contributed by atoms with van der Waals surface area (Å²) in [5, 5.41) is 8.05. The monoisotopic (exact) mass is 407 g/mol. The number of aromatic nitrogens is 4. The summed E-state index contributed by atoms with van der Waals surface area (Å²) in [6.45, 7) is 5.12. The molecule has 30 heavy (non-hydrogen) atoms. The molecule has 0 aliphatic carbocycles. The normalized spacial score (nSPS) is 16.6. The largest absolute Gasteiger partial charge is 0.369 e. The van der Waals surface area contributed by atoms with Crippen LogP contribution < -0.4 is 16.0 Å².